The van der Waals surface area contributed by atoms with Crippen molar-refractivity contribution in [2.45, 2.75) is 96.6 Å². The second-order valence-electron chi connectivity index (χ2n) is 9.29. The Morgan fingerprint density at radius 2 is 1.93 bits per heavy atom. The zero-order valence-corrected chi connectivity index (χ0v) is 17.4. The van der Waals surface area contributed by atoms with Crippen LogP contribution in [-0.4, -0.2) is 45.9 Å². The summed E-state index contributed by atoms with van der Waals surface area (Å²) in [5.41, 5.74) is -0.209. The number of fused-ring (bicyclic) bond motifs is 6. The van der Waals surface area contributed by atoms with Crippen LogP contribution in [0.3, 0.4) is 0 Å². The van der Waals surface area contributed by atoms with E-state index in [1.54, 1.807) is 0 Å². The molecule has 4 bridgehead atoms. The van der Waals surface area contributed by atoms with Crippen LogP contribution in [0.2, 0.25) is 0 Å². The molecule has 6 nitrogen and oxygen atoms in total. The molecule has 0 spiro atoms. The number of aliphatic hydroxyl groups is 2. The predicted octanol–water partition coefficient (Wildman–Crippen LogP) is 3.46. The van der Waals surface area contributed by atoms with E-state index in [4.69, 9.17) is 9.47 Å². The van der Waals surface area contributed by atoms with Crippen molar-refractivity contribution in [3.05, 3.63) is 11.3 Å². The summed E-state index contributed by atoms with van der Waals surface area (Å²) in [6, 6.07) is 0. The maximum atomic E-state index is 12.9. The quantitative estimate of drug-likeness (QED) is 0.697. The molecule has 6 heteroatoms. The Balaban J connectivity index is 1.98. The normalized spacial score (nSPS) is 42.5. The van der Waals surface area contributed by atoms with E-state index in [0.29, 0.717) is 37.7 Å². The summed E-state index contributed by atoms with van der Waals surface area (Å²) in [5.74, 6) is -1.05. The smallest absolute Gasteiger partial charge is 0.337 e. The fourth-order valence-corrected chi connectivity index (χ4v) is 5.11. The number of esters is 1. The second kappa shape index (κ2) is 8.15. The SMILES string of the molecule is CCC[C@H]1C(O)=C2CC[C@@]3(C)C[C@H](C)[C@@H](O)[C@@H](C[C@H](C)C(=O)C[C@H]1OC2=O)O3. The van der Waals surface area contributed by atoms with Gasteiger partial charge in [0.15, 0.2) is 0 Å². The summed E-state index contributed by atoms with van der Waals surface area (Å²) < 4.78 is 11.9. The summed E-state index contributed by atoms with van der Waals surface area (Å²) in [6.45, 7) is 7.85. The summed E-state index contributed by atoms with van der Waals surface area (Å²) in [5, 5.41) is 21.5. The van der Waals surface area contributed by atoms with E-state index in [0.717, 1.165) is 6.42 Å². The van der Waals surface area contributed by atoms with Crippen molar-refractivity contribution < 1.29 is 29.3 Å². The number of Topliss-reactive ketones (excluding diaryl/α,β-unsaturated/α-hetero) is 1. The van der Waals surface area contributed by atoms with Gasteiger partial charge < -0.3 is 19.7 Å². The molecular weight excluding hydrogens is 360 g/mol. The van der Waals surface area contributed by atoms with Crippen molar-refractivity contribution in [3.8, 4) is 0 Å². The molecule has 2 saturated heterocycles. The van der Waals surface area contributed by atoms with Crippen molar-refractivity contribution in [2.75, 3.05) is 0 Å². The van der Waals surface area contributed by atoms with Gasteiger partial charge in [-0.15, -0.1) is 0 Å². The van der Waals surface area contributed by atoms with Crippen LogP contribution in [0.5, 0.6) is 0 Å². The van der Waals surface area contributed by atoms with Gasteiger partial charge in [-0.05, 0) is 44.9 Å². The Bertz CT molecular complexity index is 655. The van der Waals surface area contributed by atoms with Gasteiger partial charge in [0.25, 0.3) is 0 Å². The van der Waals surface area contributed by atoms with Crippen LogP contribution < -0.4 is 0 Å². The zero-order chi connectivity index (χ0) is 20.6. The van der Waals surface area contributed by atoms with Crippen molar-refractivity contribution in [1.29, 1.82) is 0 Å². The molecule has 0 aliphatic carbocycles. The number of aliphatic hydroxyl groups excluding tert-OH is 2. The van der Waals surface area contributed by atoms with Crippen molar-refractivity contribution >= 4 is 11.8 Å². The van der Waals surface area contributed by atoms with Gasteiger partial charge in [0.05, 0.1) is 29.3 Å². The van der Waals surface area contributed by atoms with Crippen LogP contribution in [0.15, 0.2) is 11.3 Å². The number of hydrogen-bond acceptors (Lipinski definition) is 6. The third-order valence-corrected chi connectivity index (χ3v) is 6.81. The van der Waals surface area contributed by atoms with Gasteiger partial charge in [0.2, 0.25) is 0 Å². The Morgan fingerprint density at radius 3 is 2.61 bits per heavy atom. The number of rotatable bonds is 2. The predicted molar refractivity (Wildman–Crippen MR) is 104 cm³/mol. The molecule has 0 aromatic rings. The first-order valence-electron chi connectivity index (χ1n) is 10.7. The molecule has 0 amide bonds. The summed E-state index contributed by atoms with van der Waals surface area (Å²) in [7, 11) is 0. The van der Waals surface area contributed by atoms with Gasteiger partial charge in [-0.1, -0.05) is 27.2 Å². The summed E-state index contributed by atoms with van der Waals surface area (Å²) in [6.07, 6.45) is 1.99. The average Bonchev–Trinajstić information content (AvgIpc) is 2.62. The third-order valence-electron chi connectivity index (χ3n) is 6.81. The van der Waals surface area contributed by atoms with E-state index in [1.165, 1.54) is 0 Å². The lowest BCUT2D eigenvalue weighted by Gasteiger charge is -2.45. The first-order valence-corrected chi connectivity index (χ1v) is 10.7. The van der Waals surface area contributed by atoms with Gasteiger partial charge in [-0.25, -0.2) is 4.79 Å². The Morgan fingerprint density at radius 1 is 1.21 bits per heavy atom. The Kier molecular flexibility index (Phi) is 6.20. The van der Waals surface area contributed by atoms with Crippen LogP contribution in [-0.2, 0) is 19.1 Å². The highest BCUT2D eigenvalue weighted by molar-refractivity contribution is 5.91. The molecule has 158 valence electrons. The lowest BCUT2D eigenvalue weighted by Crippen LogP contribution is -2.50. The zero-order valence-electron chi connectivity index (χ0n) is 17.4. The lowest BCUT2D eigenvalue weighted by atomic mass is 9.78. The van der Waals surface area contributed by atoms with E-state index in [-0.39, 0.29) is 35.7 Å². The molecule has 0 unspecified atom stereocenters. The first-order chi connectivity index (χ1) is 13.1. The first kappa shape index (κ1) is 21.3. The van der Waals surface area contributed by atoms with Crippen molar-refractivity contribution in [1.82, 2.24) is 0 Å². The third kappa shape index (κ3) is 4.13. The molecule has 4 aliphatic rings. The van der Waals surface area contributed by atoms with E-state index in [1.807, 2.05) is 27.7 Å². The molecule has 28 heavy (non-hydrogen) atoms. The standard InChI is InChI=1S/C22H34O6/c1-5-6-14-17-10-16(23)12(2)9-18-19(24)13(3)11-22(4,28-18)8-7-15(20(14)25)21(26)27-17/h12-14,17-19,24-25H,5-11H2,1-4H3/t12-,13-,14+,17+,18+,19+,22-/m0/s1. The molecule has 0 aromatic carbocycles. The molecule has 2 N–H and O–H groups in total. The number of hydrogen-bond donors (Lipinski definition) is 2. The number of ketones is 1. The van der Waals surface area contributed by atoms with Crippen molar-refractivity contribution in [2.24, 2.45) is 17.8 Å². The molecule has 0 saturated carbocycles. The molecular formula is C22H34O6. The Hall–Kier alpha value is -1.40. The van der Waals surface area contributed by atoms with Crippen LogP contribution in [0, 0.1) is 17.8 Å². The fourth-order valence-electron chi connectivity index (χ4n) is 5.11. The molecule has 4 aliphatic heterocycles. The maximum absolute atomic E-state index is 12.9. The van der Waals surface area contributed by atoms with Crippen LogP contribution in [0.1, 0.15) is 72.6 Å². The molecule has 4 rings (SSSR count). The molecule has 4 heterocycles. The van der Waals surface area contributed by atoms with E-state index >= 15 is 0 Å². The number of carbonyl (C=O) groups is 2. The van der Waals surface area contributed by atoms with E-state index < -0.39 is 29.9 Å². The molecule has 0 aromatic heterocycles. The van der Waals surface area contributed by atoms with Gasteiger partial charge in [0, 0.05) is 12.3 Å². The minimum Gasteiger partial charge on any atom is -0.511 e. The van der Waals surface area contributed by atoms with Gasteiger partial charge in [-0.3, -0.25) is 4.79 Å². The van der Waals surface area contributed by atoms with E-state index in [2.05, 4.69) is 0 Å². The number of carbonyl (C=O) groups excluding carboxylic acids is 2. The highest BCUT2D eigenvalue weighted by Gasteiger charge is 2.45. The van der Waals surface area contributed by atoms with E-state index in [9.17, 15) is 19.8 Å². The highest BCUT2D eigenvalue weighted by atomic mass is 16.5. The second-order valence-corrected chi connectivity index (χ2v) is 9.29. The van der Waals surface area contributed by atoms with Crippen LogP contribution in [0.4, 0.5) is 0 Å². The minimum atomic E-state index is -0.619. The highest BCUT2D eigenvalue weighted by Crippen LogP contribution is 2.41. The Labute approximate surface area is 167 Å². The molecule has 0 radical (unpaired) electrons. The lowest BCUT2D eigenvalue weighted by molar-refractivity contribution is -0.195. The fraction of sp³-hybridized carbons (Fsp3) is 0.818. The van der Waals surface area contributed by atoms with Gasteiger partial charge in [0.1, 0.15) is 17.6 Å². The van der Waals surface area contributed by atoms with Crippen LogP contribution >= 0.6 is 0 Å². The summed E-state index contributed by atoms with van der Waals surface area (Å²) in [4.78, 5) is 25.5. The molecule has 7 atom stereocenters. The maximum Gasteiger partial charge on any atom is 0.337 e. The van der Waals surface area contributed by atoms with Crippen molar-refractivity contribution in [3.63, 3.8) is 0 Å². The number of ether oxygens (including phenoxy) is 2. The molecule has 2 fully saturated rings. The van der Waals surface area contributed by atoms with Gasteiger partial charge in [-0.2, -0.15) is 0 Å². The monoisotopic (exact) mass is 394 g/mol. The average molecular weight is 395 g/mol. The van der Waals surface area contributed by atoms with Crippen LogP contribution in [0.25, 0.3) is 0 Å². The van der Waals surface area contributed by atoms with Gasteiger partial charge >= 0.3 is 5.97 Å². The summed E-state index contributed by atoms with van der Waals surface area (Å²) >= 11 is 0. The largest absolute Gasteiger partial charge is 0.511 e. The minimum absolute atomic E-state index is 0.0230. The topological polar surface area (TPSA) is 93.1 Å².